The van der Waals surface area contributed by atoms with Crippen LogP contribution < -0.4 is 15.0 Å². The van der Waals surface area contributed by atoms with Gasteiger partial charge < -0.3 is 15.0 Å². The summed E-state index contributed by atoms with van der Waals surface area (Å²) in [7, 11) is 5.01. The summed E-state index contributed by atoms with van der Waals surface area (Å²) in [5, 5.41) is 3.14. The first-order valence-electron chi connectivity index (χ1n) is 6.32. The van der Waals surface area contributed by atoms with Crippen LogP contribution in [0.5, 0.6) is 5.75 Å². The molecule has 2 rings (SSSR count). The number of anilines is 2. The van der Waals surface area contributed by atoms with Crippen molar-refractivity contribution in [2.45, 2.75) is 0 Å². The van der Waals surface area contributed by atoms with Crippen LogP contribution in [0.25, 0.3) is 0 Å². The lowest BCUT2D eigenvalue weighted by Gasteiger charge is -2.18. The number of pyridine rings is 1. The van der Waals surface area contributed by atoms with E-state index in [-0.39, 0.29) is 11.1 Å². The second-order valence-electron chi connectivity index (χ2n) is 4.38. The summed E-state index contributed by atoms with van der Waals surface area (Å²) in [5.74, 6) is 1.06. The molecule has 0 atom stereocenters. The topological polar surface area (TPSA) is 54.5 Å². The summed E-state index contributed by atoms with van der Waals surface area (Å²) < 4.78 is 5.17. The van der Waals surface area contributed by atoms with Gasteiger partial charge in [-0.05, 0) is 24.3 Å². The molecule has 0 unspecified atom stereocenters. The largest absolute Gasteiger partial charge is 0.497 e. The number of nitrogens with zero attached hydrogens (tertiary/aromatic N) is 2. The van der Waals surface area contributed by atoms with Crippen molar-refractivity contribution in [1.29, 1.82) is 0 Å². The molecule has 0 aliphatic carbocycles. The van der Waals surface area contributed by atoms with E-state index in [4.69, 9.17) is 16.3 Å². The maximum Gasteiger partial charge on any atom is 0.258 e. The van der Waals surface area contributed by atoms with E-state index < -0.39 is 0 Å². The van der Waals surface area contributed by atoms with Crippen LogP contribution in [0.3, 0.4) is 0 Å². The Labute approximate surface area is 128 Å². The van der Waals surface area contributed by atoms with Gasteiger partial charge in [0.15, 0.2) is 0 Å². The fourth-order valence-corrected chi connectivity index (χ4v) is 2.09. The van der Waals surface area contributed by atoms with Crippen LogP contribution in [0.4, 0.5) is 11.5 Å². The van der Waals surface area contributed by atoms with E-state index in [0.29, 0.717) is 17.1 Å². The van der Waals surface area contributed by atoms with E-state index in [1.807, 2.05) is 18.2 Å². The highest BCUT2D eigenvalue weighted by atomic mass is 35.5. The number of amides is 1. The molecule has 0 aliphatic rings. The van der Waals surface area contributed by atoms with Crippen LogP contribution >= 0.6 is 11.6 Å². The van der Waals surface area contributed by atoms with Gasteiger partial charge in [-0.1, -0.05) is 17.7 Å². The van der Waals surface area contributed by atoms with Crippen molar-refractivity contribution in [3.63, 3.8) is 0 Å². The Balaban J connectivity index is 2.32. The molecule has 1 amide bonds. The molecule has 0 saturated heterocycles. The average Bonchev–Trinajstić information content (AvgIpc) is 2.52. The zero-order chi connectivity index (χ0) is 15.4. The average molecular weight is 306 g/mol. The third-order valence-corrected chi connectivity index (χ3v) is 3.24. The molecule has 110 valence electrons. The number of nitrogens with one attached hydrogen (secondary N) is 1. The Morgan fingerprint density at radius 1 is 1.33 bits per heavy atom. The predicted molar refractivity (Wildman–Crippen MR) is 84.5 cm³/mol. The molecule has 0 bridgehead atoms. The number of ether oxygens (including phenoxy) is 1. The van der Waals surface area contributed by atoms with Gasteiger partial charge in [-0.15, -0.1) is 0 Å². The smallest absolute Gasteiger partial charge is 0.258 e. The highest BCUT2D eigenvalue weighted by molar-refractivity contribution is 6.30. The zero-order valence-electron chi connectivity index (χ0n) is 12.1. The number of rotatable bonds is 4. The highest BCUT2D eigenvalue weighted by Gasteiger charge is 2.15. The molecule has 1 aromatic heterocycles. The fraction of sp³-hybridized carbons (Fsp3) is 0.200. The second-order valence-corrected chi connectivity index (χ2v) is 4.77. The Morgan fingerprint density at radius 2 is 2.10 bits per heavy atom. The first-order chi connectivity index (χ1) is 10.0. The van der Waals surface area contributed by atoms with Crippen molar-refractivity contribution in [2.75, 3.05) is 31.4 Å². The molecule has 2 aromatic rings. The van der Waals surface area contributed by atoms with Crippen LogP contribution in [-0.4, -0.2) is 32.1 Å². The van der Waals surface area contributed by atoms with E-state index in [2.05, 4.69) is 10.3 Å². The molecule has 0 saturated carbocycles. The molecular weight excluding hydrogens is 290 g/mol. The zero-order valence-corrected chi connectivity index (χ0v) is 12.8. The first-order valence-corrected chi connectivity index (χ1v) is 6.70. The van der Waals surface area contributed by atoms with Crippen LogP contribution in [0.2, 0.25) is 5.15 Å². The quantitative estimate of drug-likeness (QED) is 0.882. The van der Waals surface area contributed by atoms with Crippen molar-refractivity contribution >= 4 is 29.0 Å². The van der Waals surface area contributed by atoms with E-state index >= 15 is 0 Å². The van der Waals surface area contributed by atoms with E-state index in [1.54, 1.807) is 39.4 Å². The van der Waals surface area contributed by atoms with Crippen LogP contribution in [0.15, 0.2) is 36.4 Å². The molecule has 0 fully saturated rings. The minimum atomic E-state index is -0.177. The van der Waals surface area contributed by atoms with Crippen molar-refractivity contribution in [2.24, 2.45) is 0 Å². The third kappa shape index (κ3) is 3.44. The standard InChI is InChI=1S/C15H16ClN3O2/c1-17-14-8-10(7-13(16)18-14)15(20)19(2)11-5-4-6-12(9-11)21-3/h4-9H,1-3H3,(H,17,18). The van der Waals surface area contributed by atoms with Crippen molar-refractivity contribution < 1.29 is 9.53 Å². The number of benzene rings is 1. The van der Waals surface area contributed by atoms with Gasteiger partial charge in [0.1, 0.15) is 16.7 Å². The van der Waals surface area contributed by atoms with Crippen molar-refractivity contribution in [3.05, 3.63) is 47.1 Å². The summed E-state index contributed by atoms with van der Waals surface area (Å²) in [6, 6.07) is 10.5. The predicted octanol–water partition coefficient (Wildman–Crippen LogP) is 3.06. The number of carbonyl (C=O) groups is 1. The summed E-state index contributed by atoms with van der Waals surface area (Å²) in [6.07, 6.45) is 0. The molecule has 0 radical (unpaired) electrons. The lowest BCUT2D eigenvalue weighted by Crippen LogP contribution is -2.26. The van der Waals surface area contributed by atoms with Gasteiger partial charge in [0.2, 0.25) is 0 Å². The van der Waals surface area contributed by atoms with Gasteiger partial charge >= 0.3 is 0 Å². The van der Waals surface area contributed by atoms with Gasteiger partial charge in [-0.3, -0.25) is 4.79 Å². The van der Waals surface area contributed by atoms with Gasteiger partial charge in [-0.2, -0.15) is 0 Å². The van der Waals surface area contributed by atoms with Gasteiger partial charge in [0.05, 0.1) is 7.11 Å². The van der Waals surface area contributed by atoms with Crippen LogP contribution in [0.1, 0.15) is 10.4 Å². The number of halogens is 1. The minimum Gasteiger partial charge on any atom is -0.497 e. The summed E-state index contributed by atoms with van der Waals surface area (Å²) >= 11 is 5.93. The highest BCUT2D eigenvalue weighted by Crippen LogP contribution is 2.23. The minimum absolute atomic E-state index is 0.177. The van der Waals surface area contributed by atoms with Gasteiger partial charge in [0, 0.05) is 31.4 Å². The summed E-state index contributed by atoms with van der Waals surface area (Å²) in [6.45, 7) is 0. The normalized spacial score (nSPS) is 10.1. The second kappa shape index (κ2) is 6.45. The molecule has 6 heteroatoms. The maximum atomic E-state index is 12.5. The summed E-state index contributed by atoms with van der Waals surface area (Å²) in [5.41, 5.74) is 1.20. The molecule has 0 spiro atoms. The Hall–Kier alpha value is -2.27. The van der Waals surface area contributed by atoms with E-state index in [1.165, 1.54) is 4.90 Å². The van der Waals surface area contributed by atoms with Gasteiger partial charge in [0.25, 0.3) is 5.91 Å². The molecular formula is C15H16ClN3O2. The molecule has 5 nitrogen and oxygen atoms in total. The van der Waals surface area contributed by atoms with E-state index in [0.717, 1.165) is 5.69 Å². The molecule has 1 aromatic carbocycles. The number of methoxy groups -OCH3 is 1. The number of carbonyl (C=O) groups excluding carboxylic acids is 1. The van der Waals surface area contributed by atoms with Crippen molar-refractivity contribution in [1.82, 2.24) is 4.98 Å². The Bertz CT molecular complexity index is 661. The number of aromatic nitrogens is 1. The van der Waals surface area contributed by atoms with E-state index in [9.17, 15) is 4.79 Å². The third-order valence-electron chi connectivity index (χ3n) is 3.04. The molecule has 1 heterocycles. The monoisotopic (exact) mass is 305 g/mol. The molecule has 1 N–H and O–H groups in total. The molecule has 21 heavy (non-hydrogen) atoms. The summed E-state index contributed by atoms with van der Waals surface area (Å²) in [4.78, 5) is 18.1. The number of hydrogen-bond acceptors (Lipinski definition) is 4. The maximum absolute atomic E-state index is 12.5. The molecule has 0 aliphatic heterocycles. The fourth-order valence-electron chi connectivity index (χ4n) is 1.88. The lowest BCUT2D eigenvalue weighted by molar-refractivity contribution is 0.0993. The Kier molecular flexibility index (Phi) is 4.65. The van der Waals surface area contributed by atoms with Crippen LogP contribution in [-0.2, 0) is 0 Å². The van der Waals surface area contributed by atoms with Gasteiger partial charge in [-0.25, -0.2) is 4.98 Å². The van der Waals surface area contributed by atoms with Crippen LogP contribution in [0, 0.1) is 0 Å². The lowest BCUT2D eigenvalue weighted by atomic mass is 10.2. The Morgan fingerprint density at radius 3 is 2.76 bits per heavy atom. The first kappa shape index (κ1) is 15.1. The SMILES string of the molecule is CNc1cc(C(=O)N(C)c2cccc(OC)c2)cc(Cl)n1. The van der Waals surface area contributed by atoms with Crippen molar-refractivity contribution in [3.8, 4) is 5.75 Å². The number of hydrogen-bond donors (Lipinski definition) is 1.